The minimum absolute atomic E-state index is 0.0810. The molecule has 9 heteroatoms. The molecule has 1 amide bonds. The number of halogens is 1. The topological polar surface area (TPSA) is 72.3 Å². The van der Waals surface area contributed by atoms with Gasteiger partial charge in [0.15, 0.2) is 11.0 Å². The van der Waals surface area contributed by atoms with Crippen molar-refractivity contribution in [3.8, 4) is 11.4 Å². The molecule has 2 aliphatic rings. The molecule has 7 nitrogen and oxygen atoms in total. The van der Waals surface area contributed by atoms with Crippen molar-refractivity contribution in [2.24, 2.45) is 0 Å². The Morgan fingerprint density at radius 3 is 2.54 bits per heavy atom. The molecule has 2 aromatic carbocycles. The summed E-state index contributed by atoms with van der Waals surface area (Å²) >= 11 is 1.34. The number of benzene rings is 2. The number of likely N-dealkylation sites (tertiary alicyclic amines) is 1. The molecule has 2 saturated heterocycles. The number of hydrogen-bond acceptors (Lipinski definition) is 6. The Hall–Kier alpha value is -2.75. The molecule has 1 N–H and O–H groups in total. The summed E-state index contributed by atoms with van der Waals surface area (Å²) in [4.78, 5) is 15.1. The number of carbonyl (C=O) groups excluding carboxylic acids is 1. The number of ether oxygens (including phenoxy) is 1. The van der Waals surface area contributed by atoms with E-state index in [1.807, 2.05) is 16.7 Å². The summed E-state index contributed by atoms with van der Waals surface area (Å²) < 4.78 is 21.2. The lowest BCUT2D eigenvalue weighted by molar-refractivity contribution is -0.113. The fraction of sp³-hybridized carbons (Fsp3) is 0.423. The molecule has 2 aliphatic heterocycles. The van der Waals surface area contributed by atoms with E-state index in [1.165, 1.54) is 42.3 Å². The number of aromatic nitrogens is 3. The van der Waals surface area contributed by atoms with Gasteiger partial charge in [-0.1, -0.05) is 23.9 Å². The lowest BCUT2D eigenvalue weighted by Gasteiger charge is -2.15. The number of carbonyl (C=O) groups is 1. The summed E-state index contributed by atoms with van der Waals surface area (Å²) in [6.45, 7) is 4.63. The van der Waals surface area contributed by atoms with Gasteiger partial charge < -0.3 is 10.1 Å². The number of thioether (sulfide) groups is 1. The number of anilines is 1. The van der Waals surface area contributed by atoms with Crippen LogP contribution in [-0.2, 0) is 22.6 Å². The van der Waals surface area contributed by atoms with Crippen LogP contribution < -0.4 is 5.32 Å². The molecule has 0 saturated carbocycles. The van der Waals surface area contributed by atoms with Crippen molar-refractivity contribution in [3.63, 3.8) is 0 Å². The largest absolute Gasteiger partial charge is 0.376 e. The van der Waals surface area contributed by atoms with Gasteiger partial charge in [0.1, 0.15) is 5.82 Å². The minimum atomic E-state index is -0.297. The standard InChI is InChI=1S/C26H30FN5O2S/c27-21-9-7-20(8-10-21)25-29-30-26(32(25)17-23-4-3-15-34-23)35-18-24(33)28-22-11-5-19(6-12-22)16-31-13-1-2-14-31/h5-12,23H,1-4,13-18H2,(H,28,33). The molecule has 0 bridgehead atoms. The molecule has 3 aromatic rings. The van der Waals surface area contributed by atoms with E-state index < -0.39 is 0 Å². The van der Waals surface area contributed by atoms with E-state index in [2.05, 4.69) is 32.5 Å². The molecule has 1 atom stereocenters. The molecule has 2 fully saturated rings. The average Bonchev–Trinajstić information content (AvgIpc) is 3.63. The van der Waals surface area contributed by atoms with Gasteiger partial charge >= 0.3 is 0 Å². The van der Waals surface area contributed by atoms with Gasteiger partial charge in [-0.25, -0.2) is 4.39 Å². The summed E-state index contributed by atoms with van der Waals surface area (Å²) in [5, 5.41) is 12.3. The van der Waals surface area contributed by atoms with Crippen molar-refractivity contribution in [1.29, 1.82) is 0 Å². The fourth-order valence-electron chi connectivity index (χ4n) is 4.58. The zero-order valence-corrected chi connectivity index (χ0v) is 20.5. The fourth-order valence-corrected chi connectivity index (χ4v) is 5.33. The molecule has 0 aliphatic carbocycles. The number of rotatable bonds is 9. The zero-order chi connectivity index (χ0) is 24.0. The normalized spacial score (nSPS) is 18.3. The van der Waals surface area contributed by atoms with Crippen molar-refractivity contribution in [2.45, 2.75) is 50.0 Å². The number of nitrogens with zero attached hydrogens (tertiary/aromatic N) is 4. The quantitative estimate of drug-likeness (QED) is 0.438. The second-order valence-corrected chi connectivity index (χ2v) is 10.0. The molecule has 3 heterocycles. The minimum Gasteiger partial charge on any atom is -0.376 e. The van der Waals surface area contributed by atoms with E-state index in [1.54, 1.807) is 12.1 Å². The predicted octanol–water partition coefficient (Wildman–Crippen LogP) is 4.59. The van der Waals surface area contributed by atoms with E-state index in [0.29, 0.717) is 17.5 Å². The van der Waals surface area contributed by atoms with Gasteiger partial charge in [0.25, 0.3) is 0 Å². The smallest absolute Gasteiger partial charge is 0.234 e. The first kappa shape index (κ1) is 24.0. The highest BCUT2D eigenvalue weighted by molar-refractivity contribution is 7.99. The maximum Gasteiger partial charge on any atom is 0.234 e. The van der Waals surface area contributed by atoms with Crippen molar-refractivity contribution >= 4 is 23.4 Å². The van der Waals surface area contributed by atoms with Crippen LogP contribution in [0.1, 0.15) is 31.2 Å². The summed E-state index contributed by atoms with van der Waals surface area (Å²) in [7, 11) is 0. The van der Waals surface area contributed by atoms with E-state index in [4.69, 9.17) is 4.74 Å². The molecule has 1 aromatic heterocycles. The van der Waals surface area contributed by atoms with Crippen LogP contribution in [0.15, 0.2) is 53.7 Å². The summed E-state index contributed by atoms with van der Waals surface area (Å²) in [5.74, 6) is 0.464. The van der Waals surface area contributed by atoms with Gasteiger partial charge in [-0.2, -0.15) is 0 Å². The highest BCUT2D eigenvalue weighted by Gasteiger charge is 2.22. The van der Waals surface area contributed by atoms with Gasteiger partial charge in [-0.3, -0.25) is 14.3 Å². The van der Waals surface area contributed by atoms with Crippen LogP contribution in [-0.4, -0.2) is 57.1 Å². The van der Waals surface area contributed by atoms with Crippen LogP contribution in [0.4, 0.5) is 10.1 Å². The van der Waals surface area contributed by atoms with Crippen molar-refractivity contribution < 1.29 is 13.9 Å². The molecule has 0 radical (unpaired) electrons. The first-order chi connectivity index (χ1) is 17.1. The van der Waals surface area contributed by atoms with E-state index >= 15 is 0 Å². The third-order valence-electron chi connectivity index (χ3n) is 6.40. The summed E-state index contributed by atoms with van der Waals surface area (Å²) in [5.41, 5.74) is 2.82. The second kappa shape index (κ2) is 11.3. The number of hydrogen-bond donors (Lipinski definition) is 1. The van der Waals surface area contributed by atoms with Gasteiger partial charge in [0.05, 0.1) is 18.4 Å². The van der Waals surface area contributed by atoms with Crippen LogP contribution in [0.25, 0.3) is 11.4 Å². The third-order valence-corrected chi connectivity index (χ3v) is 7.37. The summed E-state index contributed by atoms with van der Waals surface area (Å²) in [6.07, 6.45) is 4.63. The average molecular weight is 496 g/mol. The highest BCUT2D eigenvalue weighted by Crippen LogP contribution is 2.27. The molecular weight excluding hydrogens is 465 g/mol. The van der Waals surface area contributed by atoms with E-state index in [9.17, 15) is 9.18 Å². The molecule has 1 unspecified atom stereocenters. The Morgan fingerprint density at radius 2 is 1.83 bits per heavy atom. The Balaban J connectivity index is 1.22. The first-order valence-corrected chi connectivity index (χ1v) is 13.2. The number of nitrogens with one attached hydrogen (secondary N) is 1. The van der Waals surface area contributed by atoms with E-state index in [0.717, 1.165) is 50.3 Å². The van der Waals surface area contributed by atoms with Gasteiger partial charge in [-0.05, 0) is 80.7 Å². The maximum atomic E-state index is 13.4. The molecule has 35 heavy (non-hydrogen) atoms. The Morgan fingerprint density at radius 1 is 1.06 bits per heavy atom. The molecular formula is C26H30FN5O2S. The Labute approximate surface area is 209 Å². The lowest BCUT2D eigenvalue weighted by Crippen LogP contribution is -2.19. The van der Waals surface area contributed by atoms with Crippen molar-refractivity contribution in [1.82, 2.24) is 19.7 Å². The van der Waals surface area contributed by atoms with Gasteiger partial charge in [0.2, 0.25) is 5.91 Å². The molecule has 0 spiro atoms. The zero-order valence-electron chi connectivity index (χ0n) is 19.7. The van der Waals surface area contributed by atoms with E-state index in [-0.39, 0.29) is 23.6 Å². The van der Waals surface area contributed by atoms with Crippen LogP contribution in [0.2, 0.25) is 0 Å². The predicted molar refractivity (Wildman–Crippen MR) is 135 cm³/mol. The summed E-state index contributed by atoms with van der Waals surface area (Å²) in [6, 6.07) is 14.3. The SMILES string of the molecule is O=C(CSc1nnc(-c2ccc(F)cc2)n1CC1CCCO1)Nc1ccc(CN2CCCC2)cc1. The van der Waals surface area contributed by atoms with Gasteiger partial charge in [-0.15, -0.1) is 10.2 Å². The van der Waals surface area contributed by atoms with Crippen LogP contribution in [0, 0.1) is 5.82 Å². The monoisotopic (exact) mass is 495 g/mol. The third kappa shape index (κ3) is 6.28. The number of amides is 1. The van der Waals surface area contributed by atoms with Crippen LogP contribution in [0.3, 0.4) is 0 Å². The first-order valence-electron chi connectivity index (χ1n) is 12.2. The maximum absolute atomic E-state index is 13.4. The Bertz CT molecular complexity index is 1120. The van der Waals surface area contributed by atoms with Crippen molar-refractivity contribution in [2.75, 3.05) is 30.8 Å². The van der Waals surface area contributed by atoms with Crippen LogP contribution in [0.5, 0.6) is 0 Å². The second-order valence-electron chi connectivity index (χ2n) is 9.08. The lowest BCUT2D eigenvalue weighted by atomic mass is 10.2. The van der Waals surface area contributed by atoms with Crippen LogP contribution >= 0.6 is 11.8 Å². The van der Waals surface area contributed by atoms with Crippen molar-refractivity contribution in [3.05, 3.63) is 59.9 Å². The van der Waals surface area contributed by atoms with Gasteiger partial charge in [0, 0.05) is 24.4 Å². The molecule has 184 valence electrons. The highest BCUT2D eigenvalue weighted by atomic mass is 32.2. The molecule has 5 rings (SSSR count). The Kier molecular flexibility index (Phi) is 7.75.